The molecule has 0 N–H and O–H groups in total. The number of rotatable bonds is 7. The lowest BCUT2D eigenvalue weighted by Crippen LogP contribution is -2.22. The van der Waals surface area contributed by atoms with Crippen LogP contribution in [0.3, 0.4) is 0 Å². The zero-order valence-electron chi connectivity index (χ0n) is 13.8. The molecule has 0 bridgehead atoms. The fourth-order valence-electron chi connectivity index (χ4n) is 1.93. The molecule has 23 heavy (non-hydrogen) atoms. The fourth-order valence-corrected chi connectivity index (χ4v) is 2.86. The van der Waals surface area contributed by atoms with E-state index in [1.807, 2.05) is 0 Å². The van der Waals surface area contributed by atoms with Crippen LogP contribution < -0.4 is 0 Å². The molecule has 7 nitrogen and oxygen atoms in total. The molecule has 126 valence electrons. The van der Waals surface area contributed by atoms with E-state index in [0.29, 0.717) is 17.8 Å². The molecular weight excluding hydrogens is 336 g/mol. The maximum Gasteiger partial charge on any atom is 0.359 e. The van der Waals surface area contributed by atoms with E-state index >= 15 is 0 Å². The van der Waals surface area contributed by atoms with E-state index in [1.54, 1.807) is 17.8 Å². The highest BCUT2D eigenvalue weighted by molar-refractivity contribution is 6.76. The molecule has 0 aromatic carbocycles. The Morgan fingerprint density at radius 3 is 2.74 bits per heavy atom. The van der Waals surface area contributed by atoms with Gasteiger partial charge in [0.1, 0.15) is 12.2 Å². The second kappa shape index (κ2) is 7.37. The third-order valence-corrected chi connectivity index (χ3v) is 5.01. The van der Waals surface area contributed by atoms with Gasteiger partial charge in [-0.25, -0.2) is 14.8 Å². The first-order valence-corrected chi connectivity index (χ1v) is 11.5. The summed E-state index contributed by atoms with van der Waals surface area (Å²) in [5, 5.41) is -0.0366. The van der Waals surface area contributed by atoms with E-state index < -0.39 is 14.0 Å². The highest BCUT2D eigenvalue weighted by atomic mass is 35.5. The van der Waals surface area contributed by atoms with Crippen molar-refractivity contribution in [2.75, 3.05) is 13.2 Å². The van der Waals surface area contributed by atoms with Gasteiger partial charge in [-0.15, -0.1) is 0 Å². The molecule has 0 saturated carbocycles. The third kappa shape index (κ3) is 4.73. The molecule has 0 radical (unpaired) electrons. The molecule has 9 heteroatoms. The van der Waals surface area contributed by atoms with Crippen molar-refractivity contribution in [2.24, 2.45) is 0 Å². The lowest BCUT2D eigenvalue weighted by atomic mass is 10.3. The van der Waals surface area contributed by atoms with E-state index in [1.165, 1.54) is 0 Å². The largest absolute Gasteiger partial charge is 0.461 e. The Bertz CT molecular complexity index is 699. The summed E-state index contributed by atoms with van der Waals surface area (Å²) in [4.78, 5) is 24.3. The van der Waals surface area contributed by atoms with Crippen LogP contribution in [0.1, 0.15) is 17.4 Å². The molecule has 2 aromatic heterocycles. The van der Waals surface area contributed by atoms with Crippen LogP contribution in [0.2, 0.25) is 31.0 Å². The summed E-state index contributed by atoms with van der Waals surface area (Å²) in [6.45, 7) is 9.79. The first kappa shape index (κ1) is 17.8. The first-order valence-electron chi connectivity index (χ1n) is 7.45. The summed E-state index contributed by atoms with van der Waals surface area (Å²) < 4.78 is 12.4. The maximum absolute atomic E-state index is 12.1. The van der Waals surface area contributed by atoms with Gasteiger partial charge in [-0.2, -0.15) is 4.98 Å². The molecule has 0 aliphatic heterocycles. The predicted molar refractivity (Wildman–Crippen MR) is 90.4 cm³/mol. The zero-order chi connectivity index (χ0) is 17.0. The molecule has 0 fully saturated rings. The second-order valence-corrected chi connectivity index (χ2v) is 12.3. The number of hydrogen-bond acceptors (Lipinski definition) is 6. The van der Waals surface area contributed by atoms with Crippen molar-refractivity contribution in [2.45, 2.75) is 39.3 Å². The van der Waals surface area contributed by atoms with Crippen LogP contribution >= 0.6 is 11.6 Å². The first-order chi connectivity index (χ1) is 10.8. The molecule has 0 amide bonds. The fraction of sp³-hybridized carbons (Fsp3) is 0.571. The van der Waals surface area contributed by atoms with Crippen LogP contribution in [-0.2, 0) is 16.2 Å². The van der Waals surface area contributed by atoms with Gasteiger partial charge in [0.05, 0.1) is 12.9 Å². The Balaban J connectivity index is 2.22. The summed E-state index contributed by atoms with van der Waals surface area (Å²) >= 11 is 5.85. The van der Waals surface area contributed by atoms with Crippen molar-refractivity contribution in [3.8, 4) is 0 Å². The standard InChI is InChI=1S/C14H21ClN4O3Si/c1-5-22-13(20)10-11-12(18-14(15)17-10)16-8-19(11)9-21-6-7-23(2,3)4/h8H,5-7,9H2,1-4H3. The summed E-state index contributed by atoms with van der Waals surface area (Å²) in [5.41, 5.74) is 0.927. The lowest BCUT2D eigenvalue weighted by Gasteiger charge is -2.15. The number of nitrogens with zero attached hydrogens (tertiary/aromatic N) is 4. The molecule has 0 aliphatic rings. The highest BCUT2D eigenvalue weighted by Crippen LogP contribution is 2.18. The van der Waals surface area contributed by atoms with Crippen molar-refractivity contribution in [3.05, 3.63) is 17.3 Å². The molecule has 2 rings (SSSR count). The number of halogens is 1. The van der Waals surface area contributed by atoms with Gasteiger partial charge in [-0.1, -0.05) is 19.6 Å². The number of carbonyl (C=O) groups is 1. The minimum absolute atomic E-state index is 0.0366. The second-order valence-electron chi connectivity index (χ2n) is 6.30. The molecule has 2 heterocycles. The molecular formula is C14H21ClN4O3Si. The lowest BCUT2D eigenvalue weighted by molar-refractivity contribution is 0.0520. The Hall–Kier alpha value is -1.51. The number of fused-ring (bicyclic) bond motifs is 1. The zero-order valence-corrected chi connectivity index (χ0v) is 15.6. The quantitative estimate of drug-likeness (QED) is 0.328. The van der Waals surface area contributed by atoms with Gasteiger partial charge in [-0.05, 0) is 24.6 Å². The molecule has 0 unspecified atom stereocenters. The minimum atomic E-state index is -1.15. The molecule has 0 saturated heterocycles. The predicted octanol–water partition coefficient (Wildman–Crippen LogP) is 2.97. The molecule has 0 aliphatic carbocycles. The van der Waals surface area contributed by atoms with E-state index in [9.17, 15) is 4.79 Å². The van der Waals surface area contributed by atoms with Gasteiger partial charge in [0.2, 0.25) is 5.28 Å². The smallest absolute Gasteiger partial charge is 0.359 e. The summed E-state index contributed by atoms with van der Waals surface area (Å²) in [6, 6.07) is 1.06. The van der Waals surface area contributed by atoms with E-state index in [0.717, 1.165) is 6.04 Å². The van der Waals surface area contributed by atoms with Crippen LogP contribution in [0, 0.1) is 0 Å². The van der Waals surface area contributed by atoms with E-state index in [2.05, 4.69) is 34.6 Å². The van der Waals surface area contributed by atoms with Gasteiger partial charge in [0.15, 0.2) is 11.3 Å². The monoisotopic (exact) mass is 356 g/mol. The number of aromatic nitrogens is 4. The Morgan fingerprint density at radius 2 is 2.09 bits per heavy atom. The Morgan fingerprint density at radius 1 is 1.35 bits per heavy atom. The van der Waals surface area contributed by atoms with Crippen molar-refractivity contribution in [3.63, 3.8) is 0 Å². The van der Waals surface area contributed by atoms with Crippen LogP contribution in [0.5, 0.6) is 0 Å². The van der Waals surface area contributed by atoms with Crippen molar-refractivity contribution in [1.29, 1.82) is 0 Å². The minimum Gasteiger partial charge on any atom is -0.461 e. The van der Waals surface area contributed by atoms with Gasteiger partial charge >= 0.3 is 5.97 Å². The number of esters is 1. The van der Waals surface area contributed by atoms with Crippen molar-refractivity contribution in [1.82, 2.24) is 19.5 Å². The number of carbonyl (C=O) groups excluding carboxylic acids is 1. The number of ether oxygens (including phenoxy) is 2. The number of imidazole rings is 1. The van der Waals surface area contributed by atoms with Crippen LogP contribution in [0.15, 0.2) is 6.33 Å². The Kier molecular flexibility index (Phi) is 5.72. The van der Waals surface area contributed by atoms with Crippen LogP contribution in [0.4, 0.5) is 0 Å². The topological polar surface area (TPSA) is 79.1 Å². The normalized spacial score (nSPS) is 11.9. The highest BCUT2D eigenvalue weighted by Gasteiger charge is 2.20. The molecule has 0 spiro atoms. The van der Waals surface area contributed by atoms with Crippen molar-refractivity contribution < 1.29 is 14.3 Å². The average molecular weight is 357 g/mol. The van der Waals surface area contributed by atoms with Gasteiger partial charge < -0.3 is 14.0 Å². The van der Waals surface area contributed by atoms with E-state index in [-0.39, 0.29) is 24.3 Å². The summed E-state index contributed by atoms with van der Waals surface area (Å²) in [5.74, 6) is -0.550. The van der Waals surface area contributed by atoms with Gasteiger partial charge in [-0.3, -0.25) is 0 Å². The average Bonchev–Trinajstić information content (AvgIpc) is 2.85. The SMILES string of the molecule is CCOC(=O)c1nc(Cl)nc2ncn(COCC[Si](C)(C)C)c12. The third-order valence-electron chi connectivity index (χ3n) is 3.14. The van der Waals surface area contributed by atoms with Gasteiger partial charge in [0, 0.05) is 14.7 Å². The summed E-state index contributed by atoms with van der Waals surface area (Å²) in [6.07, 6.45) is 1.56. The van der Waals surface area contributed by atoms with E-state index in [4.69, 9.17) is 21.1 Å². The Labute approximate surface area is 141 Å². The molecule has 2 aromatic rings. The van der Waals surface area contributed by atoms with Crippen molar-refractivity contribution >= 4 is 36.8 Å². The van der Waals surface area contributed by atoms with Crippen LogP contribution in [-0.4, -0.2) is 46.8 Å². The van der Waals surface area contributed by atoms with Crippen LogP contribution in [0.25, 0.3) is 11.2 Å². The van der Waals surface area contributed by atoms with Gasteiger partial charge in [0.25, 0.3) is 0 Å². The molecule has 0 atom stereocenters. The maximum atomic E-state index is 12.1. The summed E-state index contributed by atoms with van der Waals surface area (Å²) in [7, 11) is -1.15. The number of hydrogen-bond donors (Lipinski definition) is 0.